The summed E-state index contributed by atoms with van der Waals surface area (Å²) in [6.07, 6.45) is 19.1. The third-order valence-corrected chi connectivity index (χ3v) is 10.0. The zero-order valence-corrected chi connectivity index (χ0v) is 20.2. The smallest absolute Gasteiger partial charge is 0.243 e. The van der Waals surface area contributed by atoms with Gasteiger partial charge in [0, 0.05) is 24.1 Å². The molecule has 0 spiro atoms. The Hall–Kier alpha value is -2.17. The van der Waals surface area contributed by atoms with Crippen LogP contribution in [0.1, 0.15) is 78.1 Å². The first-order valence-electron chi connectivity index (χ1n) is 13.1. The summed E-state index contributed by atoms with van der Waals surface area (Å²) >= 11 is 0. The number of amides is 2. The zero-order chi connectivity index (χ0) is 23.1. The molecule has 5 rings (SSSR count). The Bertz CT molecular complexity index is 915. The predicted octanol–water partition coefficient (Wildman–Crippen LogP) is 5.49. The summed E-state index contributed by atoms with van der Waals surface area (Å²) in [5, 5.41) is 6.22. The van der Waals surface area contributed by atoms with Gasteiger partial charge >= 0.3 is 0 Å². The van der Waals surface area contributed by atoms with Gasteiger partial charge in [-0.15, -0.1) is 0 Å². The molecule has 3 fully saturated rings. The SMILES string of the molecule is C[C@]12CCC3C(CC[C@H]4NC(=O)C=C[C@]34C)C1CC[C@@H]2CCCCC(=O)Nc1cccnc1. The van der Waals surface area contributed by atoms with E-state index in [0.29, 0.717) is 23.8 Å². The van der Waals surface area contributed by atoms with Crippen molar-refractivity contribution >= 4 is 17.5 Å². The van der Waals surface area contributed by atoms with Crippen LogP contribution in [0.5, 0.6) is 0 Å². The van der Waals surface area contributed by atoms with E-state index in [1.54, 1.807) is 18.5 Å². The van der Waals surface area contributed by atoms with Crippen LogP contribution in [0.3, 0.4) is 0 Å². The Morgan fingerprint density at radius 1 is 1.15 bits per heavy atom. The number of hydrogen-bond donors (Lipinski definition) is 2. The van der Waals surface area contributed by atoms with Crippen molar-refractivity contribution in [3.63, 3.8) is 0 Å². The van der Waals surface area contributed by atoms with Crippen molar-refractivity contribution in [3.05, 3.63) is 36.7 Å². The van der Waals surface area contributed by atoms with Gasteiger partial charge in [0.05, 0.1) is 11.9 Å². The Balaban J connectivity index is 1.15. The van der Waals surface area contributed by atoms with Crippen molar-refractivity contribution in [2.24, 2.45) is 34.5 Å². The van der Waals surface area contributed by atoms with Crippen molar-refractivity contribution in [1.82, 2.24) is 10.3 Å². The molecule has 1 aromatic rings. The monoisotopic (exact) mass is 449 g/mol. The van der Waals surface area contributed by atoms with Gasteiger partial charge in [-0.1, -0.05) is 26.3 Å². The molecule has 1 aromatic heterocycles. The number of unbranched alkanes of at least 4 members (excludes halogenated alkanes) is 1. The van der Waals surface area contributed by atoms with Gasteiger partial charge < -0.3 is 10.6 Å². The van der Waals surface area contributed by atoms with Crippen molar-refractivity contribution in [2.45, 2.75) is 84.1 Å². The zero-order valence-electron chi connectivity index (χ0n) is 20.2. The van der Waals surface area contributed by atoms with Crippen LogP contribution in [0.25, 0.3) is 0 Å². The van der Waals surface area contributed by atoms with Crippen molar-refractivity contribution < 1.29 is 9.59 Å². The van der Waals surface area contributed by atoms with Crippen LogP contribution in [0.15, 0.2) is 36.7 Å². The number of carbonyl (C=O) groups is 2. The molecule has 3 unspecified atom stereocenters. The highest BCUT2D eigenvalue weighted by Gasteiger charge is 2.59. The van der Waals surface area contributed by atoms with Gasteiger partial charge in [-0.3, -0.25) is 14.6 Å². The van der Waals surface area contributed by atoms with Gasteiger partial charge in [-0.2, -0.15) is 0 Å². The lowest BCUT2D eigenvalue weighted by Crippen LogP contribution is -2.59. The summed E-state index contributed by atoms with van der Waals surface area (Å²) in [6, 6.07) is 4.04. The lowest BCUT2D eigenvalue weighted by Gasteiger charge is -2.59. The van der Waals surface area contributed by atoms with E-state index in [0.717, 1.165) is 42.7 Å². The molecule has 7 atom stereocenters. The van der Waals surface area contributed by atoms with E-state index in [4.69, 9.17) is 0 Å². The maximum Gasteiger partial charge on any atom is 0.243 e. The fourth-order valence-electron chi connectivity index (χ4n) is 8.25. The van der Waals surface area contributed by atoms with Crippen LogP contribution in [0.2, 0.25) is 0 Å². The summed E-state index contributed by atoms with van der Waals surface area (Å²) in [6.45, 7) is 4.98. The number of anilines is 1. The maximum absolute atomic E-state index is 12.3. The van der Waals surface area contributed by atoms with E-state index in [1.165, 1.54) is 38.5 Å². The third-order valence-electron chi connectivity index (χ3n) is 10.0. The lowest BCUT2D eigenvalue weighted by molar-refractivity contribution is -0.122. The molecule has 0 aromatic carbocycles. The van der Waals surface area contributed by atoms with Crippen LogP contribution in [0, 0.1) is 34.5 Å². The lowest BCUT2D eigenvalue weighted by atomic mass is 9.48. The summed E-state index contributed by atoms with van der Waals surface area (Å²) in [5.74, 6) is 3.28. The predicted molar refractivity (Wildman–Crippen MR) is 130 cm³/mol. The number of rotatable bonds is 6. The van der Waals surface area contributed by atoms with Gasteiger partial charge in [0.1, 0.15) is 0 Å². The molecule has 2 amide bonds. The number of hydrogen-bond acceptors (Lipinski definition) is 3. The number of nitrogens with zero attached hydrogens (tertiary/aromatic N) is 1. The molecule has 5 heteroatoms. The summed E-state index contributed by atoms with van der Waals surface area (Å²) in [4.78, 5) is 28.2. The second-order valence-electron chi connectivity index (χ2n) is 11.6. The number of aromatic nitrogens is 1. The van der Waals surface area contributed by atoms with E-state index >= 15 is 0 Å². The average molecular weight is 450 g/mol. The topological polar surface area (TPSA) is 71.1 Å². The van der Waals surface area contributed by atoms with E-state index < -0.39 is 0 Å². The minimum absolute atomic E-state index is 0.0895. The fourth-order valence-corrected chi connectivity index (χ4v) is 8.25. The third kappa shape index (κ3) is 4.13. The highest BCUT2D eigenvalue weighted by atomic mass is 16.2. The normalized spacial score (nSPS) is 39.2. The number of carbonyl (C=O) groups excluding carboxylic acids is 2. The quantitative estimate of drug-likeness (QED) is 0.564. The molecule has 1 aliphatic heterocycles. The number of nitrogens with one attached hydrogen (secondary N) is 2. The molecular formula is C28H39N3O2. The van der Waals surface area contributed by atoms with E-state index in [2.05, 4.69) is 35.5 Å². The Morgan fingerprint density at radius 3 is 2.85 bits per heavy atom. The Morgan fingerprint density at radius 2 is 2.03 bits per heavy atom. The van der Waals surface area contributed by atoms with Crippen LogP contribution in [0.4, 0.5) is 5.69 Å². The first kappa shape index (κ1) is 22.6. The highest BCUT2D eigenvalue weighted by molar-refractivity contribution is 5.90. The maximum atomic E-state index is 12.3. The molecule has 0 saturated heterocycles. The summed E-state index contributed by atoms with van der Waals surface area (Å²) < 4.78 is 0. The van der Waals surface area contributed by atoms with E-state index in [9.17, 15) is 9.59 Å². The number of fused-ring (bicyclic) bond motifs is 5. The Labute approximate surface area is 198 Å². The van der Waals surface area contributed by atoms with Crippen molar-refractivity contribution in [1.29, 1.82) is 0 Å². The minimum atomic E-state index is 0.0895. The molecule has 2 heterocycles. The minimum Gasteiger partial charge on any atom is -0.349 e. The molecule has 4 aliphatic rings. The molecule has 0 bridgehead atoms. The highest BCUT2D eigenvalue weighted by Crippen LogP contribution is 2.65. The fraction of sp³-hybridized carbons (Fsp3) is 0.679. The van der Waals surface area contributed by atoms with Gasteiger partial charge in [0.2, 0.25) is 11.8 Å². The molecule has 5 nitrogen and oxygen atoms in total. The molecule has 0 radical (unpaired) electrons. The average Bonchev–Trinajstić information content (AvgIpc) is 3.14. The van der Waals surface area contributed by atoms with Crippen LogP contribution in [-0.2, 0) is 9.59 Å². The first-order valence-corrected chi connectivity index (χ1v) is 13.1. The molecule has 2 N–H and O–H groups in total. The summed E-state index contributed by atoms with van der Waals surface area (Å²) in [5.41, 5.74) is 1.35. The van der Waals surface area contributed by atoms with Gasteiger partial charge in [0.15, 0.2) is 0 Å². The second-order valence-corrected chi connectivity index (χ2v) is 11.6. The van der Waals surface area contributed by atoms with Crippen molar-refractivity contribution in [3.8, 4) is 0 Å². The molecule has 3 saturated carbocycles. The van der Waals surface area contributed by atoms with Crippen LogP contribution >= 0.6 is 0 Å². The van der Waals surface area contributed by atoms with E-state index in [1.807, 2.05) is 12.1 Å². The Kier molecular flexibility index (Phi) is 6.09. The van der Waals surface area contributed by atoms with Crippen molar-refractivity contribution in [2.75, 3.05) is 5.32 Å². The molecular weight excluding hydrogens is 410 g/mol. The van der Waals surface area contributed by atoms with Gasteiger partial charge in [0.25, 0.3) is 0 Å². The second kappa shape index (κ2) is 8.88. The molecule has 33 heavy (non-hydrogen) atoms. The van der Waals surface area contributed by atoms with Gasteiger partial charge in [-0.25, -0.2) is 0 Å². The van der Waals surface area contributed by atoms with Crippen LogP contribution in [-0.4, -0.2) is 22.8 Å². The first-order chi connectivity index (χ1) is 15.9. The standard InChI is InChI=1S/C28H39N3O2/c1-27-15-13-23-21(10-12-24-28(23,2)16-14-26(33)31-24)22(27)11-9-19(27)6-3-4-8-25(32)30-20-7-5-17-29-18-20/h5,7,14,16-19,21-24H,3-4,6,8-13,15H2,1-2H3,(H,30,32)(H,31,33)/t19-,21?,22?,23?,24+,27+,28+/m0/s1. The molecule has 3 aliphatic carbocycles. The number of pyridine rings is 1. The summed E-state index contributed by atoms with van der Waals surface area (Å²) in [7, 11) is 0. The van der Waals surface area contributed by atoms with Gasteiger partial charge in [-0.05, 0) is 98.7 Å². The largest absolute Gasteiger partial charge is 0.349 e. The van der Waals surface area contributed by atoms with E-state index in [-0.39, 0.29) is 17.2 Å². The van der Waals surface area contributed by atoms with Crippen LogP contribution < -0.4 is 10.6 Å². The molecule has 178 valence electrons.